The maximum Gasteiger partial charge on any atom is 0.329 e. The van der Waals surface area contributed by atoms with E-state index in [0.717, 1.165) is 19.3 Å². The summed E-state index contributed by atoms with van der Waals surface area (Å²) in [7, 11) is 1.68. The number of carbonyl (C=O) groups excluding carboxylic acids is 1. The number of nitrogens with one attached hydrogen (secondary N) is 1. The van der Waals surface area contributed by atoms with Gasteiger partial charge in [-0.25, -0.2) is 9.59 Å². The second-order valence-corrected chi connectivity index (χ2v) is 5.08. The molecule has 0 unspecified atom stereocenters. The van der Waals surface area contributed by atoms with Crippen LogP contribution in [0.2, 0.25) is 0 Å². The van der Waals surface area contributed by atoms with E-state index >= 15 is 0 Å². The average Bonchev–Trinajstić information content (AvgIpc) is 2.28. The molecule has 1 aliphatic rings. The Morgan fingerprint density at radius 2 is 1.76 bits per heavy atom. The number of carbonyl (C=O) groups is 2. The molecule has 0 saturated heterocycles. The third-order valence-corrected chi connectivity index (χ3v) is 3.56. The second kappa shape index (κ2) is 5.38. The third-order valence-electron chi connectivity index (χ3n) is 3.56. The Kier molecular flexibility index (Phi) is 4.37. The molecule has 0 aromatic carbocycles. The molecule has 98 valence electrons. The van der Waals surface area contributed by atoms with Crippen LogP contribution in [0, 0.1) is 0 Å². The quantitative estimate of drug-likeness (QED) is 0.793. The molecule has 0 aromatic rings. The normalized spacial score (nSPS) is 18.8. The maximum atomic E-state index is 11.9. The van der Waals surface area contributed by atoms with Gasteiger partial charge in [-0.3, -0.25) is 0 Å². The van der Waals surface area contributed by atoms with E-state index in [0.29, 0.717) is 12.8 Å². The van der Waals surface area contributed by atoms with Gasteiger partial charge < -0.3 is 15.3 Å². The second-order valence-electron chi connectivity index (χ2n) is 5.08. The molecule has 5 heteroatoms. The highest BCUT2D eigenvalue weighted by molar-refractivity contribution is 5.86. The highest BCUT2D eigenvalue weighted by Gasteiger charge is 2.41. The summed E-state index contributed by atoms with van der Waals surface area (Å²) in [5.41, 5.74) is -1.06. The van der Waals surface area contributed by atoms with Gasteiger partial charge in [0.05, 0.1) is 0 Å². The molecule has 0 aromatic heterocycles. The number of carboxylic acids is 1. The Morgan fingerprint density at radius 1 is 1.24 bits per heavy atom. The number of nitrogens with zero attached hydrogens (tertiary/aromatic N) is 1. The lowest BCUT2D eigenvalue weighted by molar-refractivity contribution is -0.146. The Labute approximate surface area is 102 Å². The van der Waals surface area contributed by atoms with Crippen LogP contribution in [0.3, 0.4) is 0 Å². The molecule has 0 radical (unpaired) electrons. The zero-order chi connectivity index (χ0) is 13.1. The lowest BCUT2D eigenvalue weighted by Gasteiger charge is -2.36. The van der Waals surface area contributed by atoms with E-state index in [9.17, 15) is 14.7 Å². The van der Waals surface area contributed by atoms with Crippen molar-refractivity contribution in [3.05, 3.63) is 0 Å². The van der Waals surface area contributed by atoms with Gasteiger partial charge in [-0.15, -0.1) is 0 Å². The monoisotopic (exact) mass is 242 g/mol. The number of hydrogen-bond donors (Lipinski definition) is 2. The van der Waals surface area contributed by atoms with Crippen molar-refractivity contribution in [3.63, 3.8) is 0 Å². The molecule has 2 amide bonds. The molecule has 1 saturated carbocycles. The minimum Gasteiger partial charge on any atom is -0.480 e. The predicted molar refractivity (Wildman–Crippen MR) is 64.9 cm³/mol. The van der Waals surface area contributed by atoms with E-state index in [4.69, 9.17) is 0 Å². The first kappa shape index (κ1) is 13.8. The molecule has 0 heterocycles. The van der Waals surface area contributed by atoms with E-state index in [1.807, 2.05) is 13.8 Å². The molecule has 1 fully saturated rings. The Balaban J connectivity index is 2.73. The van der Waals surface area contributed by atoms with Crippen LogP contribution < -0.4 is 5.32 Å². The van der Waals surface area contributed by atoms with Crippen molar-refractivity contribution in [1.82, 2.24) is 10.2 Å². The summed E-state index contributed by atoms with van der Waals surface area (Å²) >= 11 is 0. The maximum absolute atomic E-state index is 11.9. The summed E-state index contributed by atoms with van der Waals surface area (Å²) < 4.78 is 0. The predicted octanol–water partition coefficient (Wildman–Crippen LogP) is 1.82. The largest absolute Gasteiger partial charge is 0.480 e. The number of carboxylic acid groups (broad SMARTS) is 1. The van der Waals surface area contributed by atoms with Crippen LogP contribution in [-0.2, 0) is 4.79 Å². The molecule has 0 atom stereocenters. The van der Waals surface area contributed by atoms with Crippen molar-refractivity contribution in [2.24, 2.45) is 0 Å². The van der Waals surface area contributed by atoms with Crippen LogP contribution in [0.5, 0.6) is 0 Å². The summed E-state index contributed by atoms with van der Waals surface area (Å²) in [6.07, 6.45) is 3.82. The van der Waals surface area contributed by atoms with Gasteiger partial charge in [0.15, 0.2) is 0 Å². The van der Waals surface area contributed by atoms with Crippen molar-refractivity contribution in [3.8, 4) is 0 Å². The zero-order valence-corrected chi connectivity index (χ0v) is 10.8. The van der Waals surface area contributed by atoms with E-state index in [1.54, 1.807) is 7.05 Å². The Hall–Kier alpha value is -1.26. The molecule has 2 N–H and O–H groups in total. The van der Waals surface area contributed by atoms with Crippen molar-refractivity contribution >= 4 is 12.0 Å². The first-order valence-electron chi connectivity index (χ1n) is 6.17. The third kappa shape index (κ3) is 3.11. The Bertz CT molecular complexity index is 296. The Morgan fingerprint density at radius 3 is 2.18 bits per heavy atom. The van der Waals surface area contributed by atoms with Crippen molar-refractivity contribution in [2.75, 3.05) is 7.05 Å². The molecular formula is C12H22N2O3. The molecule has 1 aliphatic carbocycles. The van der Waals surface area contributed by atoms with Crippen molar-refractivity contribution in [2.45, 2.75) is 57.5 Å². The highest BCUT2D eigenvalue weighted by atomic mass is 16.4. The van der Waals surface area contributed by atoms with Crippen molar-refractivity contribution in [1.29, 1.82) is 0 Å². The van der Waals surface area contributed by atoms with Crippen LogP contribution in [0.1, 0.15) is 46.0 Å². The van der Waals surface area contributed by atoms with Gasteiger partial charge in [0.25, 0.3) is 0 Å². The summed E-state index contributed by atoms with van der Waals surface area (Å²) in [5, 5.41) is 12.0. The highest BCUT2D eigenvalue weighted by Crippen LogP contribution is 2.28. The summed E-state index contributed by atoms with van der Waals surface area (Å²) in [4.78, 5) is 24.8. The molecule has 0 aliphatic heterocycles. The topological polar surface area (TPSA) is 69.6 Å². The standard InChI is InChI=1S/C12H22N2O3/c1-9(2)14(3)11(17)13-12(10(15)16)7-5-4-6-8-12/h9H,4-8H2,1-3H3,(H,13,17)(H,15,16). The van der Waals surface area contributed by atoms with Gasteiger partial charge in [-0.1, -0.05) is 19.3 Å². The van der Waals surface area contributed by atoms with Gasteiger partial charge >= 0.3 is 12.0 Å². The van der Waals surface area contributed by atoms with E-state index in [2.05, 4.69) is 5.32 Å². The number of aliphatic carboxylic acids is 1. The van der Waals surface area contributed by atoms with E-state index in [1.165, 1.54) is 4.90 Å². The van der Waals surface area contributed by atoms with Gasteiger partial charge in [0.1, 0.15) is 5.54 Å². The number of rotatable bonds is 3. The number of urea groups is 1. The number of hydrogen-bond acceptors (Lipinski definition) is 2. The van der Waals surface area contributed by atoms with Crippen molar-refractivity contribution < 1.29 is 14.7 Å². The fraction of sp³-hybridized carbons (Fsp3) is 0.833. The van der Waals surface area contributed by atoms with Gasteiger partial charge in [-0.2, -0.15) is 0 Å². The van der Waals surface area contributed by atoms with Crippen LogP contribution in [0.15, 0.2) is 0 Å². The fourth-order valence-corrected chi connectivity index (χ4v) is 2.08. The van der Waals surface area contributed by atoms with Crippen LogP contribution in [0.25, 0.3) is 0 Å². The summed E-state index contributed by atoms with van der Waals surface area (Å²) in [5.74, 6) is -0.914. The fourth-order valence-electron chi connectivity index (χ4n) is 2.08. The van der Waals surface area contributed by atoms with Gasteiger partial charge in [0, 0.05) is 13.1 Å². The summed E-state index contributed by atoms with van der Waals surface area (Å²) in [6, 6.07) is -0.242. The van der Waals surface area contributed by atoms with Gasteiger partial charge in [0.2, 0.25) is 0 Å². The first-order chi connectivity index (χ1) is 7.89. The molecular weight excluding hydrogens is 220 g/mol. The molecule has 0 spiro atoms. The molecule has 17 heavy (non-hydrogen) atoms. The van der Waals surface area contributed by atoms with Crippen LogP contribution in [-0.4, -0.2) is 40.6 Å². The number of amides is 2. The minimum absolute atomic E-state index is 0.0597. The first-order valence-corrected chi connectivity index (χ1v) is 6.17. The SMILES string of the molecule is CC(C)N(C)C(=O)NC1(C(=O)O)CCCCC1. The van der Waals surface area contributed by atoms with Crippen LogP contribution in [0.4, 0.5) is 4.79 Å². The van der Waals surface area contributed by atoms with E-state index < -0.39 is 11.5 Å². The zero-order valence-electron chi connectivity index (χ0n) is 10.8. The molecule has 5 nitrogen and oxygen atoms in total. The minimum atomic E-state index is -1.06. The van der Waals surface area contributed by atoms with Crippen LogP contribution >= 0.6 is 0 Å². The smallest absolute Gasteiger partial charge is 0.329 e. The average molecular weight is 242 g/mol. The molecule has 1 rings (SSSR count). The van der Waals surface area contributed by atoms with Gasteiger partial charge in [-0.05, 0) is 26.7 Å². The lowest BCUT2D eigenvalue weighted by atomic mass is 9.82. The summed E-state index contributed by atoms with van der Waals surface area (Å²) in [6.45, 7) is 3.79. The van der Waals surface area contributed by atoms with E-state index in [-0.39, 0.29) is 12.1 Å². The lowest BCUT2D eigenvalue weighted by Crippen LogP contribution is -2.59. The molecule has 0 bridgehead atoms.